The molecule has 1 heterocycles. The Morgan fingerprint density at radius 3 is 2.79 bits per heavy atom. The Hall–Kier alpha value is -1.41. The van der Waals surface area contributed by atoms with Crippen LogP contribution in [0.25, 0.3) is 10.8 Å². The van der Waals surface area contributed by atoms with Crippen LogP contribution in [0.3, 0.4) is 0 Å². The van der Waals surface area contributed by atoms with Crippen LogP contribution in [-0.4, -0.2) is 12.0 Å². The predicted octanol–water partition coefficient (Wildman–Crippen LogP) is 3.54. The second kappa shape index (κ2) is 4.31. The van der Waals surface area contributed by atoms with Gasteiger partial charge in [0.05, 0.1) is 0 Å². The first-order valence-corrected chi connectivity index (χ1v) is 7.36. The fourth-order valence-electron chi connectivity index (χ4n) is 4.10. The fourth-order valence-corrected chi connectivity index (χ4v) is 4.10. The first-order valence-electron chi connectivity index (χ1n) is 7.36. The maximum Gasteiger partial charge on any atom is 0.0352 e. The highest BCUT2D eigenvalue weighted by Gasteiger charge is 2.47. The molecule has 0 bridgehead atoms. The molecule has 1 N–H and O–H groups in total. The van der Waals surface area contributed by atoms with Crippen molar-refractivity contribution in [2.75, 3.05) is 7.05 Å². The lowest BCUT2D eigenvalue weighted by Crippen LogP contribution is -2.24. The Balaban J connectivity index is 1.74. The molecule has 0 amide bonds. The number of nitrogens with zero attached hydrogens (tertiary/aromatic N) is 1. The number of aromatic nitrogens is 1. The van der Waals surface area contributed by atoms with E-state index in [-0.39, 0.29) is 0 Å². The van der Waals surface area contributed by atoms with Crippen molar-refractivity contribution in [3.8, 4) is 0 Å². The zero-order valence-corrected chi connectivity index (χ0v) is 11.3. The van der Waals surface area contributed by atoms with Gasteiger partial charge in [-0.2, -0.15) is 0 Å². The van der Waals surface area contributed by atoms with Crippen molar-refractivity contribution in [1.82, 2.24) is 10.3 Å². The zero-order chi connectivity index (χ0) is 12.8. The number of hydrogen-bond acceptors (Lipinski definition) is 2. The molecule has 2 nitrogen and oxygen atoms in total. The maximum absolute atomic E-state index is 4.24. The Morgan fingerprint density at radius 2 is 2.00 bits per heavy atom. The summed E-state index contributed by atoms with van der Waals surface area (Å²) in [5.74, 6) is 2.89. The molecular weight excluding hydrogens is 232 g/mol. The number of pyridine rings is 1. The van der Waals surface area contributed by atoms with Crippen LogP contribution >= 0.6 is 0 Å². The molecule has 19 heavy (non-hydrogen) atoms. The maximum atomic E-state index is 4.24. The largest absolute Gasteiger partial charge is 0.313 e. The van der Waals surface area contributed by atoms with E-state index in [0.717, 1.165) is 17.8 Å². The minimum atomic E-state index is 0.499. The van der Waals surface area contributed by atoms with Gasteiger partial charge >= 0.3 is 0 Å². The number of benzene rings is 1. The first kappa shape index (κ1) is 11.4. The van der Waals surface area contributed by atoms with Crippen molar-refractivity contribution in [2.45, 2.75) is 25.3 Å². The third kappa shape index (κ3) is 1.86. The third-order valence-electron chi connectivity index (χ3n) is 5.11. The van der Waals surface area contributed by atoms with Gasteiger partial charge in [-0.3, -0.25) is 4.98 Å². The molecule has 1 aromatic carbocycles. The summed E-state index contributed by atoms with van der Waals surface area (Å²) in [6.07, 6.45) is 8.20. The van der Waals surface area contributed by atoms with Gasteiger partial charge in [0, 0.05) is 23.8 Å². The average molecular weight is 252 g/mol. The smallest absolute Gasteiger partial charge is 0.0352 e. The molecule has 0 aliphatic heterocycles. The number of nitrogens with one attached hydrogen (secondary N) is 1. The lowest BCUT2D eigenvalue weighted by Gasteiger charge is -2.26. The van der Waals surface area contributed by atoms with E-state index in [0.29, 0.717) is 6.04 Å². The van der Waals surface area contributed by atoms with Crippen molar-refractivity contribution in [3.05, 3.63) is 42.2 Å². The Kier molecular flexibility index (Phi) is 2.59. The molecule has 0 saturated heterocycles. The monoisotopic (exact) mass is 252 g/mol. The number of hydrogen-bond donors (Lipinski definition) is 1. The molecule has 4 rings (SSSR count). The first-order chi connectivity index (χ1) is 9.36. The van der Waals surface area contributed by atoms with Gasteiger partial charge in [0.1, 0.15) is 0 Å². The Bertz CT molecular complexity index is 592. The van der Waals surface area contributed by atoms with Crippen LogP contribution < -0.4 is 5.32 Å². The van der Waals surface area contributed by atoms with E-state index in [9.17, 15) is 0 Å². The normalized spacial score (nSPS) is 30.3. The summed E-state index contributed by atoms with van der Waals surface area (Å²) >= 11 is 0. The van der Waals surface area contributed by atoms with Crippen molar-refractivity contribution in [2.24, 2.45) is 17.8 Å². The molecule has 0 radical (unpaired) electrons. The molecule has 2 aliphatic rings. The highest BCUT2D eigenvalue weighted by Crippen LogP contribution is 2.57. The summed E-state index contributed by atoms with van der Waals surface area (Å²) in [6.45, 7) is 0. The second-order valence-electron chi connectivity index (χ2n) is 6.20. The third-order valence-corrected chi connectivity index (χ3v) is 5.11. The molecule has 3 atom stereocenters. The summed E-state index contributed by atoms with van der Waals surface area (Å²) in [5, 5.41) is 6.19. The standard InChI is InChI=1S/C17H20N2/c1-18-17(14-8-12-7-13(12)9-14)16-4-2-3-11-10-19-6-5-15(11)16/h2-6,10,12-14,17-18H,7-9H2,1H3. The molecule has 1 aromatic heterocycles. The summed E-state index contributed by atoms with van der Waals surface area (Å²) in [5.41, 5.74) is 1.45. The molecule has 2 fully saturated rings. The Labute approximate surface area is 114 Å². The lowest BCUT2D eigenvalue weighted by molar-refractivity contribution is 0.361. The summed E-state index contributed by atoms with van der Waals surface area (Å²) < 4.78 is 0. The molecule has 3 unspecified atom stereocenters. The van der Waals surface area contributed by atoms with Crippen LogP contribution in [0.2, 0.25) is 0 Å². The van der Waals surface area contributed by atoms with Gasteiger partial charge in [0.2, 0.25) is 0 Å². The highest BCUT2D eigenvalue weighted by molar-refractivity contribution is 5.85. The van der Waals surface area contributed by atoms with Gasteiger partial charge in [0.25, 0.3) is 0 Å². The van der Waals surface area contributed by atoms with E-state index in [1.807, 2.05) is 12.4 Å². The van der Waals surface area contributed by atoms with Crippen LogP contribution in [0.5, 0.6) is 0 Å². The summed E-state index contributed by atoms with van der Waals surface area (Å²) in [6, 6.07) is 9.27. The van der Waals surface area contributed by atoms with Gasteiger partial charge in [-0.1, -0.05) is 18.2 Å². The van der Waals surface area contributed by atoms with Gasteiger partial charge in [-0.05, 0) is 61.1 Å². The zero-order valence-electron chi connectivity index (χ0n) is 11.3. The van der Waals surface area contributed by atoms with Crippen LogP contribution in [0.15, 0.2) is 36.7 Å². The SMILES string of the molecule is CNC(c1cccc2cnccc12)C1CC2CC2C1. The van der Waals surface area contributed by atoms with E-state index in [4.69, 9.17) is 0 Å². The van der Waals surface area contributed by atoms with Crippen LogP contribution in [0, 0.1) is 17.8 Å². The molecule has 0 spiro atoms. The van der Waals surface area contributed by atoms with Crippen molar-refractivity contribution < 1.29 is 0 Å². The molecule has 2 saturated carbocycles. The van der Waals surface area contributed by atoms with Crippen LogP contribution in [-0.2, 0) is 0 Å². The van der Waals surface area contributed by atoms with E-state index in [2.05, 4.69) is 41.6 Å². The number of fused-ring (bicyclic) bond motifs is 2. The minimum absolute atomic E-state index is 0.499. The van der Waals surface area contributed by atoms with Gasteiger partial charge < -0.3 is 5.32 Å². The predicted molar refractivity (Wildman–Crippen MR) is 77.9 cm³/mol. The Morgan fingerprint density at radius 1 is 1.16 bits per heavy atom. The minimum Gasteiger partial charge on any atom is -0.313 e. The summed E-state index contributed by atoms with van der Waals surface area (Å²) in [7, 11) is 2.11. The van der Waals surface area contributed by atoms with Gasteiger partial charge in [-0.25, -0.2) is 0 Å². The topological polar surface area (TPSA) is 24.9 Å². The molecule has 2 heteroatoms. The van der Waals surface area contributed by atoms with Crippen LogP contribution in [0.1, 0.15) is 30.9 Å². The summed E-state index contributed by atoms with van der Waals surface area (Å²) in [4.78, 5) is 4.24. The van der Waals surface area contributed by atoms with E-state index in [1.165, 1.54) is 35.6 Å². The second-order valence-corrected chi connectivity index (χ2v) is 6.20. The molecule has 2 aliphatic carbocycles. The lowest BCUT2D eigenvalue weighted by atomic mass is 9.87. The van der Waals surface area contributed by atoms with Crippen molar-refractivity contribution in [3.63, 3.8) is 0 Å². The van der Waals surface area contributed by atoms with Gasteiger partial charge in [0.15, 0.2) is 0 Å². The molecular formula is C17H20N2. The van der Waals surface area contributed by atoms with Crippen molar-refractivity contribution >= 4 is 10.8 Å². The van der Waals surface area contributed by atoms with Crippen molar-refractivity contribution in [1.29, 1.82) is 0 Å². The van der Waals surface area contributed by atoms with E-state index >= 15 is 0 Å². The average Bonchev–Trinajstić information content (AvgIpc) is 3.07. The highest BCUT2D eigenvalue weighted by atomic mass is 14.9. The van der Waals surface area contributed by atoms with E-state index in [1.54, 1.807) is 0 Å². The quantitative estimate of drug-likeness (QED) is 0.903. The molecule has 98 valence electrons. The van der Waals surface area contributed by atoms with Crippen LogP contribution in [0.4, 0.5) is 0 Å². The fraction of sp³-hybridized carbons (Fsp3) is 0.471. The molecule has 2 aromatic rings. The van der Waals surface area contributed by atoms with E-state index < -0.39 is 0 Å². The van der Waals surface area contributed by atoms with Gasteiger partial charge in [-0.15, -0.1) is 0 Å². The number of rotatable bonds is 3.